The van der Waals surface area contributed by atoms with E-state index in [0.29, 0.717) is 0 Å². The monoisotopic (exact) mass is 305 g/mol. The average Bonchev–Trinajstić information content (AvgIpc) is 2.54. The number of piperazine rings is 1. The quantitative estimate of drug-likeness (QED) is 0.928. The molecule has 0 atom stereocenters. The maximum Gasteiger partial charge on any atom is 0.318 e. The van der Waals surface area contributed by atoms with Crippen molar-refractivity contribution in [2.24, 2.45) is 0 Å². The maximum absolute atomic E-state index is 12.5. The summed E-state index contributed by atoms with van der Waals surface area (Å²) in [5, 5.41) is 3.14. The molecule has 2 rings (SSSR count). The van der Waals surface area contributed by atoms with E-state index in [9.17, 15) is 4.79 Å². The lowest BCUT2D eigenvalue weighted by atomic mass is 9.94. The molecule has 1 aliphatic rings. The van der Waals surface area contributed by atoms with Crippen molar-refractivity contribution in [3.8, 4) is 5.75 Å². The lowest BCUT2D eigenvalue weighted by Crippen LogP contribution is -2.54. The van der Waals surface area contributed by atoms with E-state index in [4.69, 9.17) is 4.74 Å². The number of hydrogen-bond acceptors (Lipinski definition) is 3. The van der Waals surface area contributed by atoms with Crippen LogP contribution in [0.1, 0.15) is 26.3 Å². The molecule has 1 N–H and O–H groups in total. The fraction of sp³-hybridized carbons (Fsp3) is 0.588. The number of likely N-dealkylation sites (N-methyl/N-ethyl adjacent to an activating group) is 1. The minimum Gasteiger partial charge on any atom is -0.497 e. The summed E-state index contributed by atoms with van der Waals surface area (Å²) in [5.74, 6) is 0.821. The predicted molar refractivity (Wildman–Crippen MR) is 88.2 cm³/mol. The van der Waals surface area contributed by atoms with Crippen LogP contribution < -0.4 is 10.1 Å². The number of benzene rings is 1. The van der Waals surface area contributed by atoms with Crippen LogP contribution in [0.15, 0.2) is 24.3 Å². The van der Waals surface area contributed by atoms with Crippen LogP contribution in [0, 0.1) is 0 Å². The first-order valence-corrected chi connectivity index (χ1v) is 7.90. The van der Waals surface area contributed by atoms with E-state index in [1.54, 1.807) is 7.11 Å². The number of methoxy groups -OCH3 is 1. The van der Waals surface area contributed by atoms with Crippen LogP contribution in [0.2, 0.25) is 0 Å². The summed E-state index contributed by atoms with van der Waals surface area (Å²) in [7, 11) is 1.65. The number of hydrogen-bond donors (Lipinski definition) is 1. The van der Waals surface area contributed by atoms with Gasteiger partial charge in [0.05, 0.1) is 12.6 Å². The van der Waals surface area contributed by atoms with Gasteiger partial charge in [0.15, 0.2) is 0 Å². The molecule has 5 heteroatoms. The van der Waals surface area contributed by atoms with E-state index < -0.39 is 5.54 Å². The lowest BCUT2D eigenvalue weighted by molar-refractivity contribution is 0.137. The first-order valence-electron chi connectivity index (χ1n) is 7.90. The van der Waals surface area contributed by atoms with E-state index in [-0.39, 0.29) is 6.03 Å². The standard InChI is InChI=1S/C17H27N3O2/c1-5-19-10-12-20(13-11-19)16(21)18-17(2,3)14-6-8-15(22-4)9-7-14/h6-9H,5,10-13H2,1-4H3,(H,18,21). The zero-order chi connectivity index (χ0) is 16.2. The summed E-state index contributed by atoms with van der Waals surface area (Å²) < 4.78 is 5.18. The smallest absolute Gasteiger partial charge is 0.318 e. The van der Waals surface area contributed by atoms with Crippen LogP contribution in [0.4, 0.5) is 4.79 Å². The molecule has 0 unspecified atom stereocenters. The number of urea groups is 1. The van der Waals surface area contributed by atoms with Crippen LogP contribution in [0.3, 0.4) is 0 Å². The Kier molecular flexibility index (Phi) is 5.29. The average molecular weight is 305 g/mol. The molecule has 1 aromatic rings. The molecule has 2 amide bonds. The van der Waals surface area contributed by atoms with Crippen molar-refractivity contribution in [3.63, 3.8) is 0 Å². The van der Waals surface area contributed by atoms with E-state index >= 15 is 0 Å². The SMILES string of the molecule is CCN1CCN(C(=O)NC(C)(C)c2ccc(OC)cc2)CC1. The second-order valence-corrected chi connectivity index (χ2v) is 6.20. The maximum atomic E-state index is 12.5. The highest BCUT2D eigenvalue weighted by Gasteiger charge is 2.27. The predicted octanol–water partition coefficient (Wildman–Crippen LogP) is 2.28. The van der Waals surface area contributed by atoms with E-state index in [2.05, 4.69) is 17.1 Å². The van der Waals surface area contributed by atoms with Gasteiger partial charge >= 0.3 is 6.03 Å². The van der Waals surface area contributed by atoms with E-state index in [1.807, 2.05) is 43.0 Å². The molecule has 0 bridgehead atoms. The third-order valence-electron chi connectivity index (χ3n) is 4.34. The van der Waals surface area contributed by atoms with Gasteiger partial charge in [-0.05, 0) is 38.1 Å². The summed E-state index contributed by atoms with van der Waals surface area (Å²) in [6.45, 7) is 10.7. The Labute approximate surface area is 133 Å². The third-order valence-corrected chi connectivity index (χ3v) is 4.34. The van der Waals surface area contributed by atoms with Gasteiger partial charge in [-0.25, -0.2) is 4.79 Å². The molecule has 0 radical (unpaired) electrons. The highest BCUT2D eigenvalue weighted by Crippen LogP contribution is 2.23. The summed E-state index contributed by atoms with van der Waals surface area (Å²) in [4.78, 5) is 16.7. The van der Waals surface area contributed by atoms with Crippen LogP contribution in [0.25, 0.3) is 0 Å². The zero-order valence-electron chi connectivity index (χ0n) is 14.1. The molecule has 22 heavy (non-hydrogen) atoms. The third kappa shape index (κ3) is 3.91. The number of nitrogens with zero attached hydrogens (tertiary/aromatic N) is 2. The van der Waals surface area contributed by atoms with Crippen molar-refractivity contribution in [3.05, 3.63) is 29.8 Å². The highest BCUT2D eigenvalue weighted by molar-refractivity contribution is 5.75. The Morgan fingerprint density at radius 2 is 1.77 bits per heavy atom. The van der Waals surface area contributed by atoms with Gasteiger partial charge < -0.3 is 19.9 Å². The molecule has 122 valence electrons. The number of rotatable bonds is 4. The summed E-state index contributed by atoms with van der Waals surface area (Å²) in [6.07, 6.45) is 0. The topological polar surface area (TPSA) is 44.8 Å². The minimum atomic E-state index is -0.411. The van der Waals surface area contributed by atoms with Gasteiger partial charge in [-0.2, -0.15) is 0 Å². The van der Waals surface area contributed by atoms with Gasteiger partial charge in [0.25, 0.3) is 0 Å². The normalized spacial score (nSPS) is 16.5. The zero-order valence-corrected chi connectivity index (χ0v) is 14.1. The van der Waals surface area contributed by atoms with Crippen molar-refractivity contribution in [2.75, 3.05) is 39.8 Å². The highest BCUT2D eigenvalue weighted by atomic mass is 16.5. The Morgan fingerprint density at radius 3 is 2.27 bits per heavy atom. The van der Waals surface area contributed by atoms with Gasteiger partial charge in [0.2, 0.25) is 0 Å². The van der Waals surface area contributed by atoms with Crippen molar-refractivity contribution in [2.45, 2.75) is 26.3 Å². The number of carbonyl (C=O) groups excluding carboxylic acids is 1. The Bertz CT molecular complexity index is 491. The molecule has 0 spiro atoms. The van der Waals surface area contributed by atoms with Gasteiger partial charge in [-0.1, -0.05) is 19.1 Å². The molecule has 1 aromatic carbocycles. The second kappa shape index (κ2) is 7.01. The Balaban J connectivity index is 1.97. The second-order valence-electron chi connectivity index (χ2n) is 6.20. The minimum absolute atomic E-state index is 0.0107. The Hall–Kier alpha value is -1.75. The number of nitrogens with one attached hydrogen (secondary N) is 1. The molecule has 1 heterocycles. The number of ether oxygens (including phenoxy) is 1. The molecule has 1 saturated heterocycles. The van der Waals surface area contributed by atoms with Crippen LogP contribution in [0.5, 0.6) is 5.75 Å². The first-order chi connectivity index (χ1) is 10.5. The molecule has 0 saturated carbocycles. The van der Waals surface area contributed by atoms with Gasteiger partial charge in [0, 0.05) is 26.2 Å². The van der Waals surface area contributed by atoms with Crippen molar-refractivity contribution in [1.82, 2.24) is 15.1 Å². The summed E-state index contributed by atoms with van der Waals surface area (Å²) in [6, 6.07) is 7.84. The van der Waals surface area contributed by atoms with Crippen LogP contribution in [-0.4, -0.2) is 55.7 Å². The number of amides is 2. The van der Waals surface area contributed by atoms with E-state index in [1.165, 1.54) is 0 Å². The van der Waals surface area contributed by atoms with Gasteiger partial charge in [-0.3, -0.25) is 0 Å². The molecule has 5 nitrogen and oxygen atoms in total. The van der Waals surface area contributed by atoms with Crippen molar-refractivity contribution >= 4 is 6.03 Å². The van der Waals surface area contributed by atoms with Gasteiger partial charge in [-0.15, -0.1) is 0 Å². The van der Waals surface area contributed by atoms with E-state index in [0.717, 1.165) is 44.0 Å². The molecule has 1 fully saturated rings. The number of carbonyl (C=O) groups is 1. The fourth-order valence-corrected chi connectivity index (χ4v) is 2.69. The van der Waals surface area contributed by atoms with Crippen molar-refractivity contribution < 1.29 is 9.53 Å². The molecular formula is C17H27N3O2. The fourth-order valence-electron chi connectivity index (χ4n) is 2.69. The first kappa shape index (κ1) is 16.6. The lowest BCUT2D eigenvalue weighted by Gasteiger charge is -2.36. The molecule has 1 aliphatic heterocycles. The molecular weight excluding hydrogens is 278 g/mol. The summed E-state index contributed by atoms with van der Waals surface area (Å²) >= 11 is 0. The Morgan fingerprint density at radius 1 is 1.18 bits per heavy atom. The summed E-state index contributed by atoms with van der Waals surface area (Å²) in [5.41, 5.74) is 0.652. The molecule has 0 aliphatic carbocycles. The van der Waals surface area contributed by atoms with Crippen LogP contribution in [-0.2, 0) is 5.54 Å². The van der Waals surface area contributed by atoms with Gasteiger partial charge in [0.1, 0.15) is 5.75 Å². The largest absolute Gasteiger partial charge is 0.497 e. The molecule has 0 aromatic heterocycles. The van der Waals surface area contributed by atoms with Crippen LogP contribution >= 0.6 is 0 Å². The van der Waals surface area contributed by atoms with Crippen molar-refractivity contribution in [1.29, 1.82) is 0 Å².